The minimum Gasteiger partial charge on any atom is -0.399 e. The van der Waals surface area contributed by atoms with Crippen LogP contribution in [0.25, 0.3) is 5.57 Å². The molecule has 0 spiro atoms. The highest BCUT2D eigenvalue weighted by Crippen LogP contribution is 2.42. The number of nitrogens with two attached hydrogens (primary N) is 1. The van der Waals surface area contributed by atoms with Gasteiger partial charge in [0, 0.05) is 17.5 Å². The van der Waals surface area contributed by atoms with E-state index in [0.29, 0.717) is 0 Å². The van der Waals surface area contributed by atoms with Crippen molar-refractivity contribution in [2.75, 3.05) is 5.73 Å². The second-order valence-electron chi connectivity index (χ2n) is 2.53. The first-order valence-electron chi connectivity index (χ1n) is 3.39. The van der Waals surface area contributed by atoms with Crippen molar-refractivity contribution in [3.63, 3.8) is 0 Å². The summed E-state index contributed by atoms with van der Waals surface area (Å²) in [5.74, 6) is 0. The Hall–Kier alpha value is -1.57. The smallest absolute Gasteiger partial charge is 0.0345 e. The predicted octanol–water partition coefficient (Wildman–Crippen LogP) is 1.67. The number of hydrogen-bond donors (Lipinski definition) is 1. The lowest BCUT2D eigenvalue weighted by Gasteiger charge is -1.82. The Bertz CT molecular complexity index is 351. The molecule has 1 aromatic rings. The van der Waals surface area contributed by atoms with Gasteiger partial charge in [-0.15, -0.1) is 0 Å². The van der Waals surface area contributed by atoms with Crippen molar-refractivity contribution in [1.82, 2.24) is 0 Å². The van der Waals surface area contributed by atoms with Crippen LogP contribution >= 0.6 is 0 Å². The van der Waals surface area contributed by atoms with Gasteiger partial charge >= 0.3 is 0 Å². The van der Waals surface area contributed by atoms with Gasteiger partial charge in [-0.1, -0.05) is 6.07 Å². The van der Waals surface area contributed by atoms with E-state index in [4.69, 9.17) is 5.73 Å². The van der Waals surface area contributed by atoms with Crippen LogP contribution in [0.5, 0.6) is 0 Å². The quantitative estimate of drug-likeness (QED) is 0.480. The Morgan fingerprint density at radius 2 is 2.18 bits per heavy atom. The number of benzene rings is 1. The molecule has 0 saturated heterocycles. The van der Waals surface area contributed by atoms with Crippen LogP contribution in [0.3, 0.4) is 0 Å². The molecular weight excluding hydrogens is 136 g/mol. The van der Waals surface area contributed by atoms with Crippen molar-refractivity contribution in [3.05, 3.63) is 35.5 Å². The van der Waals surface area contributed by atoms with Gasteiger partial charge in [0.05, 0.1) is 0 Å². The lowest BCUT2D eigenvalue weighted by Crippen LogP contribution is -1.79. The first-order valence-corrected chi connectivity index (χ1v) is 3.39. The highest BCUT2D eigenvalue weighted by Gasteiger charge is 2.23. The van der Waals surface area contributed by atoms with Gasteiger partial charge in [0.1, 0.15) is 0 Å². The molecule has 0 fully saturated rings. The second-order valence-corrected chi connectivity index (χ2v) is 2.53. The number of aliphatic imine (C=N–C) groups is 1. The fraction of sp³-hybridized carbons (Fsp3) is 0. The van der Waals surface area contributed by atoms with E-state index >= 15 is 0 Å². The molecule has 0 aliphatic heterocycles. The summed E-state index contributed by atoms with van der Waals surface area (Å²) in [6, 6.07) is 5.84. The summed E-state index contributed by atoms with van der Waals surface area (Å²) in [4.78, 5) is 3.69. The van der Waals surface area contributed by atoms with Crippen LogP contribution in [0.4, 0.5) is 5.69 Å². The fourth-order valence-electron chi connectivity index (χ4n) is 1.19. The van der Waals surface area contributed by atoms with Crippen molar-refractivity contribution in [2.24, 2.45) is 4.99 Å². The van der Waals surface area contributed by atoms with Gasteiger partial charge in [-0.05, 0) is 30.0 Å². The van der Waals surface area contributed by atoms with Crippen LogP contribution in [0.2, 0.25) is 0 Å². The molecule has 54 valence electrons. The van der Waals surface area contributed by atoms with Gasteiger partial charge in [0.2, 0.25) is 0 Å². The molecule has 0 radical (unpaired) electrons. The van der Waals surface area contributed by atoms with Gasteiger partial charge in [-0.3, -0.25) is 4.99 Å². The maximum Gasteiger partial charge on any atom is 0.0345 e. The van der Waals surface area contributed by atoms with Crippen molar-refractivity contribution in [3.8, 4) is 0 Å². The van der Waals surface area contributed by atoms with Crippen LogP contribution in [-0.2, 0) is 0 Å². The van der Waals surface area contributed by atoms with E-state index in [9.17, 15) is 0 Å². The number of fused-ring (bicyclic) bond motifs is 1. The Balaban J connectivity index is 2.46. The fourth-order valence-corrected chi connectivity index (χ4v) is 1.19. The number of rotatable bonds is 1. The summed E-state index contributed by atoms with van der Waals surface area (Å²) in [7, 11) is 0. The zero-order valence-electron chi connectivity index (χ0n) is 6.04. The summed E-state index contributed by atoms with van der Waals surface area (Å²) in [6.45, 7) is 3.39. The Labute approximate surface area is 65.1 Å². The molecule has 1 aliphatic carbocycles. The molecular formula is C9H8N2. The molecule has 2 rings (SSSR count). The van der Waals surface area contributed by atoms with Crippen molar-refractivity contribution in [1.29, 1.82) is 0 Å². The zero-order chi connectivity index (χ0) is 7.84. The third kappa shape index (κ3) is 0.835. The molecule has 0 amide bonds. The van der Waals surface area contributed by atoms with E-state index in [1.165, 1.54) is 11.1 Å². The van der Waals surface area contributed by atoms with Crippen LogP contribution in [0, 0.1) is 0 Å². The molecule has 2 heteroatoms. The molecule has 1 aliphatic rings. The van der Waals surface area contributed by atoms with Crippen molar-refractivity contribution >= 4 is 18.0 Å². The number of anilines is 1. The summed E-state index contributed by atoms with van der Waals surface area (Å²) in [6.07, 6.45) is 1.75. The van der Waals surface area contributed by atoms with E-state index in [-0.39, 0.29) is 0 Å². The van der Waals surface area contributed by atoms with E-state index < -0.39 is 0 Å². The summed E-state index contributed by atoms with van der Waals surface area (Å²) in [5, 5.41) is 0. The van der Waals surface area contributed by atoms with Gasteiger partial charge in [-0.2, -0.15) is 0 Å². The minimum absolute atomic E-state index is 0.802. The third-order valence-corrected chi connectivity index (χ3v) is 1.78. The van der Waals surface area contributed by atoms with E-state index in [2.05, 4.69) is 11.7 Å². The van der Waals surface area contributed by atoms with Crippen molar-refractivity contribution < 1.29 is 0 Å². The maximum atomic E-state index is 5.58. The maximum absolute atomic E-state index is 5.58. The van der Waals surface area contributed by atoms with Crippen molar-refractivity contribution in [2.45, 2.75) is 0 Å². The van der Waals surface area contributed by atoms with Crippen LogP contribution < -0.4 is 5.73 Å². The zero-order valence-corrected chi connectivity index (χ0v) is 6.04. The van der Waals surface area contributed by atoms with E-state index in [1.54, 1.807) is 6.20 Å². The average molecular weight is 144 g/mol. The molecule has 0 unspecified atom stereocenters. The summed E-state index contributed by atoms with van der Waals surface area (Å²) < 4.78 is 0. The largest absolute Gasteiger partial charge is 0.399 e. The lowest BCUT2D eigenvalue weighted by molar-refractivity contribution is 1.65. The topological polar surface area (TPSA) is 38.4 Å². The van der Waals surface area contributed by atoms with Gasteiger partial charge in [-0.25, -0.2) is 0 Å². The average Bonchev–Trinajstić information content (AvgIpc) is 2.64. The van der Waals surface area contributed by atoms with Crippen LogP contribution in [0.1, 0.15) is 11.1 Å². The normalized spacial score (nSPS) is 16.2. The third-order valence-electron chi connectivity index (χ3n) is 1.78. The van der Waals surface area contributed by atoms with E-state index in [0.717, 1.165) is 11.3 Å². The molecule has 0 bridgehead atoms. The first kappa shape index (κ1) is 6.16. The predicted molar refractivity (Wildman–Crippen MR) is 47.5 cm³/mol. The van der Waals surface area contributed by atoms with Gasteiger partial charge < -0.3 is 5.73 Å². The minimum atomic E-state index is 0.802. The van der Waals surface area contributed by atoms with Gasteiger partial charge in [0.15, 0.2) is 0 Å². The second kappa shape index (κ2) is 1.95. The molecule has 11 heavy (non-hydrogen) atoms. The highest BCUT2D eigenvalue weighted by molar-refractivity contribution is 6.01. The highest BCUT2D eigenvalue weighted by atomic mass is 14.6. The standard InChI is InChI=1S/C9H8N2/c1-11-5-9-7-3-2-6(10)4-8(7)9/h2-5H,1,10H2/b9-5+. The van der Waals surface area contributed by atoms with Crippen LogP contribution in [0.15, 0.2) is 29.4 Å². The number of nitrogens with zero attached hydrogens (tertiary/aromatic N) is 1. The molecule has 1 aromatic carbocycles. The molecule has 0 heterocycles. The Morgan fingerprint density at radius 3 is 2.82 bits per heavy atom. The number of hydrogen-bond acceptors (Lipinski definition) is 2. The van der Waals surface area contributed by atoms with Crippen LogP contribution in [-0.4, -0.2) is 6.72 Å². The van der Waals surface area contributed by atoms with Gasteiger partial charge in [0.25, 0.3) is 0 Å². The monoisotopic (exact) mass is 144 g/mol. The lowest BCUT2D eigenvalue weighted by atomic mass is 10.3. The Kier molecular flexibility index (Phi) is 1.09. The number of nitrogen functional groups attached to an aromatic ring is 1. The molecule has 0 aromatic heterocycles. The molecule has 0 saturated carbocycles. The summed E-state index contributed by atoms with van der Waals surface area (Å²) in [5.41, 5.74) is 9.99. The Morgan fingerprint density at radius 1 is 1.36 bits per heavy atom. The molecule has 2 nitrogen and oxygen atoms in total. The summed E-state index contributed by atoms with van der Waals surface area (Å²) >= 11 is 0. The SMILES string of the molecule is C=N/C=C1\c2ccc(N)cc21. The van der Waals surface area contributed by atoms with E-state index in [1.807, 2.05) is 18.2 Å². The molecule has 2 N–H and O–H groups in total. The first-order chi connectivity index (χ1) is 5.33. The molecule has 0 atom stereocenters.